The third-order valence-corrected chi connectivity index (χ3v) is 4.58. The van der Waals surface area contributed by atoms with Crippen molar-refractivity contribution in [3.8, 4) is 11.1 Å². The molecule has 0 radical (unpaired) electrons. The van der Waals surface area contributed by atoms with Gasteiger partial charge < -0.3 is 4.90 Å². The summed E-state index contributed by atoms with van der Waals surface area (Å²) in [5.74, 6) is -0.204. The molecule has 2 aromatic rings. The predicted molar refractivity (Wildman–Crippen MR) is 81.8 cm³/mol. The highest BCUT2D eigenvalue weighted by Crippen LogP contribution is 2.29. The maximum atomic E-state index is 13.0. The molecule has 3 heterocycles. The van der Waals surface area contributed by atoms with E-state index >= 15 is 0 Å². The first-order chi connectivity index (χ1) is 10.3. The smallest absolute Gasteiger partial charge is 0.123 e. The highest BCUT2D eigenvalue weighted by atomic mass is 19.1. The summed E-state index contributed by atoms with van der Waals surface area (Å²) in [5, 5.41) is 0. The van der Waals surface area contributed by atoms with Crippen LogP contribution in [0.2, 0.25) is 0 Å². The van der Waals surface area contributed by atoms with Crippen molar-refractivity contribution in [1.82, 2.24) is 9.88 Å². The maximum Gasteiger partial charge on any atom is 0.123 e. The van der Waals surface area contributed by atoms with Gasteiger partial charge in [0.2, 0.25) is 0 Å². The first kappa shape index (κ1) is 12.8. The molecule has 2 saturated heterocycles. The van der Waals surface area contributed by atoms with Gasteiger partial charge in [0.25, 0.3) is 0 Å². The van der Waals surface area contributed by atoms with Crippen molar-refractivity contribution in [3.05, 3.63) is 48.5 Å². The van der Waals surface area contributed by atoms with Crippen molar-refractivity contribution in [1.29, 1.82) is 0 Å². The van der Waals surface area contributed by atoms with E-state index in [0.717, 1.165) is 24.2 Å². The van der Waals surface area contributed by atoms with E-state index in [-0.39, 0.29) is 5.82 Å². The van der Waals surface area contributed by atoms with Crippen molar-refractivity contribution in [3.63, 3.8) is 0 Å². The summed E-state index contributed by atoms with van der Waals surface area (Å²) in [6, 6.07) is 9.40. The van der Waals surface area contributed by atoms with Gasteiger partial charge in [0.15, 0.2) is 0 Å². The van der Waals surface area contributed by atoms with Crippen molar-refractivity contribution in [2.24, 2.45) is 0 Å². The highest BCUT2D eigenvalue weighted by molar-refractivity contribution is 5.67. The predicted octanol–water partition coefficient (Wildman–Crippen LogP) is 2.78. The minimum absolute atomic E-state index is 0.204. The molecule has 1 aromatic heterocycles. The molecule has 2 aliphatic rings. The van der Waals surface area contributed by atoms with Crippen LogP contribution >= 0.6 is 0 Å². The van der Waals surface area contributed by atoms with E-state index in [2.05, 4.69) is 20.9 Å². The standard InChI is InChI=1S/C17H18FN3/c18-15-3-1-13(2-4-15)14-9-17(11-19-10-14)21-8-7-20-6-5-16(21)12-20/h1-4,9-11,16H,5-8,12H2. The normalized spacial score (nSPS) is 24.3. The number of hydrogen-bond acceptors (Lipinski definition) is 3. The zero-order chi connectivity index (χ0) is 14.2. The van der Waals surface area contributed by atoms with Crippen LogP contribution in [0.4, 0.5) is 10.1 Å². The summed E-state index contributed by atoms with van der Waals surface area (Å²) in [7, 11) is 0. The van der Waals surface area contributed by atoms with Gasteiger partial charge in [-0.3, -0.25) is 9.88 Å². The monoisotopic (exact) mass is 283 g/mol. The molecule has 2 fully saturated rings. The fourth-order valence-corrected chi connectivity index (χ4v) is 3.43. The second-order valence-corrected chi connectivity index (χ2v) is 5.88. The van der Waals surface area contributed by atoms with Crippen molar-refractivity contribution in [2.45, 2.75) is 12.5 Å². The van der Waals surface area contributed by atoms with Crippen LogP contribution in [0, 0.1) is 5.82 Å². The van der Waals surface area contributed by atoms with Crippen molar-refractivity contribution in [2.75, 3.05) is 31.1 Å². The molecular weight excluding hydrogens is 265 g/mol. The summed E-state index contributed by atoms with van der Waals surface area (Å²) in [4.78, 5) is 9.39. The summed E-state index contributed by atoms with van der Waals surface area (Å²) < 4.78 is 13.0. The van der Waals surface area contributed by atoms with Crippen LogP contribution in [0.25, 0.3) is 11.1 Å². The second kappa shape index (κ2) is 5.11. The van der Waals surface area contributed by atoms with E-state index in [1.54, 1.807) is 0 Å². The van der Waals surface area contributed by atoms with Gasteiger partial charge in [-0.2, -0.15) is 0 Å². The SMILES string of the molecule is Fc1ccc(-c2cncc(N3CCN4CCC3C4)c2)cc1. The average molecular weight is 283 g/mol. The average Bonchev–Trinajstić information content (AvgIpc) is 2.89. The second-order valence-electron chi connectivity index (χ2n) is 5.88. The van der Waals surface area contributed by atoms with Gasteiger partial charge in [-0.25, -0.2) is 4.39 Å². The van der Waals surface area contributed by atoms with Gasteiger partial charge in [-0.15, -0.1) is 0 Å². The zero-order valence-electron chi connectivity index (χ0n) is 11.9. The Morgan fingerprint density at radius 1 is 1.00 bits per heavy atom. The van der Waals surface area contributed by atoms with Gasteiger partial charge in [-0.05, 0) is 30.2 Å². The van der Waals surface area contributed by atoms with Gasteiger partial charge in [-0.1, -0.05) is 12.1 Å². The Morgan fingerprint density at radius 2 is 1.86 bits per heavy atom. The molecular formula is C17H18FN3. The summed E-state index contributed by atoms with van der Waals surface area (Å²) in [5.41, 5.74) is 3.24. The lowest BCUT2D eigenvalue weighted by Gasteiger charge is -2.36. The van der Waals surface area contributed by atoms with Gasteiger partial charge in [0, 0.05) is 44.0 Å². The van der Waals surface area contributed by atoms with Gasteiger partial charge >= 0.3 is 0 Å². The molecule has 0 aliphatic carbocycles. The summed E-state index contributed by atoms with van der Waals surface area (Å²) >= 11 is 0. The van der Waals surface area contributed by atoms with Crippen LogP contribution in [0.3, 0.4) is 0 Å². The number of piperazine rings is 1. The zero-order valence-corrected chi connectivity index (χ0v) is 11.9. The number of halogens is 1. The topological polar surface area (TPSA) is 19.4 Å². The Labute approximate surface area is 124 Å². The number of hydrogen-bond donors (Lipinski definition) is 0. The molecule has 0 saturated carbocycles. The molecule has 108 valence electrons. The third-order valence-electron chi connectivity index (χ3n) is 4.58. The minimum atomic E-state index is -0.204. The highest BCUT2D eigenvalue weighted by Gasteiger charge is 2.32. The van der Waals surface area contributed by atoms with Crippen LogP contribution in [0.15, 0.2) is 42.7 Å². The number of benzene rings is 1. The first-order valence-corrected chi connectivity index (χ1v) is 7.49. The quantitative estimate of drug-likeness (QED) is 0.845. The molecule has 2 unspecified atom stereocenters. The number of pyridine rings is 1. The molecule has 4 heteroatoms. The van der Waals surface area contributed by atoms with Crippen LogP contribution in [0.5, 0.6) is 0 Å². The van der Waals surface area contributed by atoms with E-state index in [1.165, 1.54) is 37.3 Å². The Morgan fingerprint density at radius 3 is 2.71 bits per heavy atom. The molecule has 0 N–H and O–H groups in total. The van der Waals surface area contributed by atoms with E-state index < -0.39 is 0 Å². The Bertz CT molecular complexity index is 641. The molecule has 0 amide bonds. The number of nitrogens with zero attached hydrogens (tertiary/aromatic N) is 3. The maximum absolute atomic E-state index is 13.0. The third kappa shape index (κ3) is 2.40. The van der Waals surface area contributed by atoms with Crippen molar-refractivity contribution < 1.29 is 4.39 Å². The largest absolute Gasteiger partial charge is 0.365 e. The molecule has 2 atom stereocenters. The lowest BCUT2D eigenvalue weighted by atomic mass is 10.1. The van der Waals surface area contributed by atoms with Crippen molar-refractivity contribution >= 4 is 5.69 Å². The number of aromatic nitrogens is 1. The summed E-state index contributed by atoms with van der Waals surface area (Å²) in [6.45, 7) is 4.59. The number of rotatable bonds is 2. The number of fused-ring (bicyclic) bond motifs is 2. The van der Waals surface area contributed by atoms with Crippen LogP contribution in [-0.4, -0.2) is 42.1 Å². The van der Waals surface area contributed by atoms with E-state index in [1.807, 2.05) is 24.5 Å². The van der Waals surface area contributed by atoms with Crippen LogP contribution in [0.1, 0.15) is 6.42 Å². The lowest BCUT2D eigenvalue weighted by Crippen LogP contribution is -2.46. The fraction of sp³-hybridized carbons (Fsp3) is 0.353. The molecule has 4 rings (SSSR count). The molecule has 2 bridgehead atoms. The Balaban J connectivity index is 1.65. The van der Waals surface area contributed by atoms with E-state index in [4.69, 9.17) is 0 Å². The van der Waals surface area contributed by atoms with Gasteiger partial charge in [0.1, 0.15) is 5.82 Å². The number of anilines is 1. The molecule has 1 aromatic carbocycles. The van der Waals surface area contributed by atoms with E-state index in [0.29, 0.717) is 6.04 Å². The van der Waals surface area contributed by atoms with Crippen LogP contribution < -0.4 is 4.90 Å². The van der Waals surface area contributed by atoms with Crippen LogP contribution in [-0.2, 0) is 0 Å². The lowest BCUT2D eigenvalue weighted by molar-refractivity contribution is 0.310. The fourth-order valence-electron chi connectivity index (χ4n) is 3.43. The van der Waals surface area contributed by atoms with E-state index in [9.17, 15) is 4.39 Å². The Hall–Kier alpha value is -1.94. The molecule has 3 nitrogen and oxygen atoms in total. The summed E-state index contributed by atoms with van der Waals surface area (Å²) in [6.07, 6.45) is 5.03. The first-order valence-electron chi connectivity index (χ1n) is 7.49. The van der Waals surface area contributed by atoms with Gasteiger partial charge in [0.05, 0.1) is 11.9 Å². The molecule has 2 aliphatic heterocycles. The molecule has 21 heavy (non-hydrogen) atoms. The Kier molecular flexibility index (Phi) is 3.11. The molecule has 0 spiro atoms. The minimum Gasteiger partial charge on any atom is -0.365 e.